The summed E-state index contributed by atoms with van der Waals surface area (Å²) in [7, 11) is 1.94. The Bertz CT molecular complexity index is 582. The van der Waals surface area contributed by atoms with Crippen molar-refractivity contribution in [3.63, 3.8) is 0 Å². The average Bonchev–Trinajstić information content (AvgIpc) is 3.09. The molecule has 2 aromatic heterocycles. The summed E-state index contributed by atoms with van der Waals surface area (Å²) in [5, 5.41) is 11.8. The van der Waals surface area contributed by atoms with Crippen molar-refractivity contribution < 1.29 is 4.52 Å². The number of hydrogen-bond acceptors (Lipinski definition) is 5. The molecule has 19 heavy (non-hydrogen) atoms. The van der Waals surface area contributed by atoms with Crippen molar-refractivity contribution in [1.82, 2.24) is 25.2 Å². The van der Waals surface area contributed by atoms with Crippen LogP contribution in [0.4, 0.5) is 0 Å². The fraction of sp³-hybridized carbons (Fsp3) is 0.615. The standard InChI is InChI=1S/C13H19N5O/c1-8-11(6-14-3)9(2)18(16-8)7-12-15-13(19-17-12)10-4-5-10/h10,14H,4-7H2,1-3H3. The summed E-state index contributed by atoms with van der Waals surface area (Å²) in [5.41, 5.74) is 3.45. The number of nitrogens with zero attached hydrogens (tertiary/aromatic N) is 4. The number of hydrogen-bond donors (Lipinski definition) is 1. The van der Waals surface area contributed by atoms with Gasteiger partial charge in [-0.1, -0.05) is 5.16 Å². The highest BCUT2D eigenvalue weighted by Crippen LogP contribution is 2.38. The van der Waals surface area contributed by atoms with Crippen LogP contribution in [0, 0.1) is 13.8 Å². The lowest BCUT2D eigenvalue weighted by Crippen LogP contribution is -2.09. The molecule has 0 saturated heterocycles. The third kappa shape index (κ3) is 2.40. The van der Waals surface area contributed by atoms with Crippen molar-refractivity contribution in [2.75, 3.05) is 7.05 Å². The van der Waals surface area contributed by atoms with E-state index >= 15 is 0 Å². The molecular formula is C13H19N5O. The number of nitrogens with one attached hydrogen (secondary N) is 1. The summed E-state index contributed by atoms with van der Waals surface area (Å²) in [6.07, 6.45) is 2.35. The maximum atomic E-state index is 5.27. The molecule has 0 unspecified atom stereocenters. The molecule has 3 rings (SSSR count). The second-order valence-corrected chi connectivity index (χ2v) is 5.16. The Morgan fingerprint density at radius 2 is 2.16 bits per heavy atom. The molecule has 102 valence electrons. The van der Waals surface area contributed by atoms with Crippen LogP contribution in [0.5, 0.6) is 0 Å². The van der Waals surface area contributed by atoms with Gasteiger partial charge in [-0.3, -0.25) is 4.68 Å². The molecule has 0 aliphatic heterocycles. The van der Waals surface area contributed by atoms with Gasteiger partial charge in [0.2, 0.25) is 5.89 Å². The van der Waals surface area contributed by atoms with Gasteiger partial charge in [0.1, 0.15) is 6.54 Å². The third-order valence-corrected chi connectivity index (χ3v) is 3.59. The van der Waals surface area contributed by atoms with Crippen molar-refractivity contribution in [2.24, 2.45) is 0 Å². The van der Waals surface area contributed by atoms with Crippen LogP contribution in [0.3, 0.4) is 0 Å². The monoisotopic (exact) mass is 261 g/mol. The zero-order valence-corrected chi connectivity index (χ0v) is 11.6. The zero-order valence-electron chi connectivity index (χ0n) is 11.6. The van der Waals surface area contributed by atoms with Gasteiger partial charge in [-0.05, 0) is 33.7 Å². The van der Waals surface area contributed by atoms with Crippen molar-refractivity contribution in [3.8, 4) is 0 Å². The molecule has 0 radical (unpaired) electrons. The first-order valence-electron chi connectivity index (χ1n) is 6.69. The van der Waals surface area contributed by atoms with Crippen LogP contribution in [0.1, 0.15) is 47.4 Å². The van der Waals surface area contributed by atoms with Crippen LogP contribution in [-0.4, -0.2) is 27.0 Å². The minimum atomic E-state index is 0.501. The molecule has 0 spiro atoms. The Hall–Kier alpha value is -1.69. The molecule has 2 aromatic rings. The molecule has 0 amide bonds. The summed E-state index contributed by atoms with van der Waals surface area (Å²) in [5.74, 6) is 2.00. The molecule has 1 aliphatic rings. The van der Waals surface area contributed by atoms with Crippen LogP contribution in [0.25, 0.3) is 0 Å². The first-order valence-corrected chi connectivity index (χ1v) is 6.69. The van der Waals surface area contributed by atoms with E-state index in [4.69, 9.17) is 4.52 Å². The second kappa shape index (κ2) is 4.77. The smallest absolute Gasteiger partial charge is 0.229 e. The van der Waals surface area contributed by atoms with E-state index in [-0.39, 0.29) is 0 Å². The summed E-state index contributed by atoms with van der Waals surface area (Å²) in [6, 6.07) is 0. The summed E-state index contributed by atoms with van der Waals surface area (Å²) in [6.45, 7) is 5.51. The number of aryl methyl sites for hydroxylation is 1. The Morgan fingerprint density at radius 1 is 1.37 bits per heavy atom. The molecule has 2 heterocycles. The highest BCUT2D eigenvalue weighted by atomic mass is 16.5. The highest BCUT2D eigenvalue weighted by Gasteiger charge is 2.29. The normalized spacial score (nSPS) is 15.1. The SMILES string of the molecule is CNCc1c(C)nn(Cc2noc(C3CC3)n2)c1C. The third-order valence-electron chi connectivity index (χ3n) is 3.59. The largest absolute Gasteiger partial charge is 0.339 e. The van der Waals surface area contributed by atoms with Crippen molar-refractivity contribution in [2.45, 2.75) is 45.7 Å². The van der Waals surface area contributed by atoms with E-state index < -0.39 is 0 Å². The molecule has 6 nitrogen and oxygen atoms in total. The van der Waals surface area contributed by atoms with E-state index in [2.05, 4.69) is 27.5 Å². The van der Waals surface area contributed by atoms with E-state index in [1.165, 1.54) is 18.4 Å². The van der Waals surface area contributed by atoms with Crippen molar-refractivity contribution in [1.29, 1.82) is 0 Å². The zero-order chi connectivity index (χ0) is 13.4. The lowest BCUT2D eigenvalue weighted by Gasteiger charge is -2.02. The van der Waals surface area contributed by atoms with Crippen LogP contribution < -0.4 is 5.32 Å². The van der Waals surface area contributed by atoms with Gasteiger partial charge in [0.05, 0.1) is 5.69 Å². The second-order valence-electron chi connectivity index (χ2n) is 5.16. The first kappa shape index (κ1) is 12.3. The Balaban J connectivity index is 1.79. The van der Waals surface area contributed by atoms with Gasteiger partial charge in [0.15, 0.2) is 5.82 Å². The van der Waals surface area contributed by atoms with E-state index in [1.54, 1.807) is 0 Å². The average molecular weight is 261 g/mol. The maximum Gasteiger partial charge on any atom is 0.229 e. The van der Waals surface area contributed by atoms with Crippen LogP contribution in [0.15, 0.2) is 4.52 Å². The minimum absolute atomic E-state index is 0.501. The molecule has 0 bridgehead atoms. The molecule has 1 N–H and O–H groups in total. The van der Waals surface area contributed by atoms with E-state index in [1.807, 2.05) is 18.7 Å². The van der Waals surface area contributed by atoms with Crippen LogP contribution in [0.2, 0.25) is 0 Å². The molecule has 0 atom stereocenters. The lowest BCUT2D eigenvalue weighted by atomic mass is 10.2. The molecule has 1 aliphatic carbocycles. The van der Waals surface area contributed by atoms with Crippen molar-refractivity contribution in [3.05, 3.63) is 28.7 Å². The number of rotatable bonds is 5. The highest BCUT2D eigenvalue weighted by molar-refractivity contribution is 5.24. The molecule has 0 aromatic carbocycles. The van der Waals surface area contributed by atoms with E-state index in [0.29, 0.717) is 18.3 Å². The van der Waals surface area contributed by atoms with Gasteiger partial charge in [-0.15, -0.1) is 0 Å². The van der Waals surface area contributed by atoms with Gasteiger partial charge in [0, 0.05) is 23.7 Å². The predicted octanol–water partition coefficient (Wildman–Crippen LogP) is 1.53. The van der Waals surface area contributed by atoms with Crippen LogP contribution in [-0.2, 0) is 13.1 Å². The summed E-state index contributed by atoms with van der Waals surface area (Å²) in [4.78, 5) is 4.44. The van der Waals surface area contributed by atoms with Gasteiger partial charge in [-0.2, -0.15) is 10.1 Å². The Morgan fingerprint density at radius 3 is 2.84 bits per heavy atom. The summed E-state index contributed by atoms with van der Waals surface area (Å²) < 4.78 is 7.22. The molecular weight excluding hydrogens is 242 g/mol. The first-order chi connectivity index (χ1) is 9.19. The predicted molar refractivity (Wildman–Crippen MR) is 69.8 cm³/mol. The van der Waals surface area contributed by atoms with Gasteiger partial charge in [-0.25, -0.2) is 0 Å². The Labute approximate surface area is 112 Å². The van der Waals surface area contributed by atoms with Crippen LogP contribution >= 0.6 is 0 Å². The number of aromatic nitrogens is 4. The van der Waals surface area contributed by atoms with Crippen molar-refractivity contribution >= 4 is 0 Å². The fourth-order valence-corrected chi connectivity index (χ4v) is 2.28. The maximum absolute atomic E-state index is 5.27. The van der Waals surface area contributed by atoms with E-state index in [0.717, 1.165) is 23.8 Å². The fourth-order valence-electron chi connectivity index (χ4n) is 2.28. The van der Waals surface area contributed by atoms with Gasteiger partial charge >= 0.3 is 0 Å². The van der Waals surface area contributed by atoms with E-state index in [9.17, 15) is 0 Å². The van der Waals surface area contributed by atoms with Gasteiger partial charge in [0.25, 0.3) is 0 Å². The Kier molecular flexibility index (Phi) is 3.10. The molecule has 1 fully saturated rings. The van der Waals surface area contributed by atoms with Gasteiger partial charge < -0.3 is 9.84 Å². The molecule has 6 heteroatoms. The summed E-state index contributed by atoms with van der Waals surface area (Å²) >= 11 is 0. The quantitative estimate of drug-likeness (QED) is 0.884. The molecule has 1 saturated carbocycles. The lowest BCUT2D eigenvalue weighted by molar-refractivity contribution is 0.372. The topological polar surface area (TPSA) is 68.8 Å². The minimum Gasteiger partial charge on any atom is -0.339 e.